The summed E-state index contributed by atoms with van der Waals surface area (Å²) in [6, 6.07) is -0.523. The van der Waals surface area contributed by atoms with Gasteiger partial charge in [0.15, 0.2) is 0 Å². The molecule has 1 aliphatic rings. The maximum Gasteiger partial charge on any atom is 0.246 e. The zero-order valence-electron chi connectivity index (χ0n) is 13.3. The number of nitrogens with zero attached hydrogens (tertiary/aromatic N) is 1. The molecular formula is C15H28N2O2S. The van der Waals surface area contributed by atoms with Crippen molar-refractivity contribution < 1.29 is 9.59 Å². The SMILES string of the molecule is CCC1C(=O)NC(CC(C)C)C(=O)N1C(C)CCSC. The van der Waals surface area contributed by atoms with Gasteiger partial charge in [0.25, 0.3) is 0 Å². The van der Waals surface area contributed by atoms with Crippen LogP contribution in [0.25, 0.3) is 0 Å². The van der Waals surface area contributed by atoms with Crippen LogP contribution in [-0.2, 0) is 9.59 Å². The molecule has 0 aromatic carbocycles. The van der Waals surface area contributed by atoms with E-state index < -0.39 is 0 Å². The third kappa shape index (κ3) is 4.14. The second kappa shape index (κ2) is 7.91. The Labute approximate surface area is 127 Å². The number of carbonyl (C=O) groups is 2. The molecule has 5 heteroatoms. The molecule has 3 atom stereocenters. The summed E-state index contributed by atoms with van der Waals surface area (Å²) in [5.41, 5.74) is 0. The maximum atomic E-state index is 12.7. The molecule has 1 N–H and O–H groups in total. The molecule has 2 amide bonds. The van der Waals surface area contributed by atoms with Crippen molar-refractivity contribution in [3.05, 3.63) is 0 Å². The van der Waals surface area contributed by atoms with Gasteiger partial charge in [0.05, 0.1) is 0 Å². The summed E-state index contributed by atoms with van der Waals surface area (Å²) in [7, 11) is 0. The molecule has 1 heterocycles. The molecule has 1 aliphatic heterocycles. The van der Waals surface area contributed by atoms with Crippen LogP contribution in [0.2, 0.25) is 0 Å². The number of amides is 2. The van der Waals surface area contributed by atoms with Gasteiger partial charge < -0.3 is 10.2 Å². The van der Waals surface area contributed by atoms with Crippen molar-refractivity contribution in [2.45, 2.75) is 65.1 Å². The van der Waals surface area contributed by atoms with Crippen LogP contribution in [0.1, 0.15) is 47.0 Å². The van der Waals surface area contributed by atoms with E-state index in [4.69, 9.17) is 0 Å². The first kappa shape index (κ1) is 17.3. The van der Waals surface area contributed by atoms with Crippen LogP contribution >= 0.6 is 11.8 Å². The average molecular weight is 300 g/mol. The van der Waals surface area contributed by atoms with Crippen LogP contribution < -0.4 is 5.32 Å². The molecular weight excluding hydrogens is 272 g/mol. The minimum absolute atomic E-state index is 0.00810. The highest BCUT2D eigenvalue weighted by atomic mass is 32.2. The van der Waals surface area contributed by atoms with E-state index in [0.29, 0.717) is 18.8 Å². The third-order valence-electron chi connectivity index (χ3n) is 3.82. The van der Waals surface area contributed by atoms with Gasteiger partial charge in [0.2, 0.25) is 11.8 Å². The molecule has 3 unspecified atom stereocenters. The van der Waals surface area contributed by atoms with Crippen LogP contribution in [0.4, 0.5) is 0 Å². The number of thioether (sulfide) groups is 1. The van der Waals surface area contributed by atoms with E-state index in [1.54, 1.807) is 11.8 Å². The second-order valence-corrected chi connectivity index (χ2v) is 6.98. The molecule has 0 aliphatic carbocycles. The van der Waals surface area contributed by atoms with Crippen molar-refractivity contribution in [1.29, 1.82) is 0 Å². The zero-order valence-corrected chi connectivity index (χ0v) is 14.1. The number of hydrogen-bond acceptors (Lipinski definition) is 3. The fourth-order valence-corrected chi connectivity index (χ4v) is 3.33. The standard InChI is InChI=1S/C15H28N2O2S/c1-6-13-14(18)16-12(9-10(2)3)15(19)17(13)11(4)7-8-20-5/h10-13H,6-9H2,1-5H3,(H,16,18). The molecule has 0 aromatic rings. The molecule has 0 saturated carbocycles. The Morgan fingerprint density at radius 2 is 1.95 bits per heavy atom. The summed E-state index contributed by atoms with van der Waals surface area (Å²) in [5, 5.41) is 2.90. The number of piperazine rings is 1. The van der Waals surface area contributed by atoms with Crippen LogP contribution in [-0.4, -0.2) is 46.8 Å². The number of rotatable bonds is 7. The van der Waals surface area contributed by atoms with E-state index in [1.807, 2.05) is 11.8 Å². The van der Waals surface area contributed by atoms with Gasteiger partial charge >= 0.3 is 0 Å². The van der Waals surface area contributed by atoms with Crippen molar-refractivity contribution in [1.82, 2.24) is 10.2 Å². The Morgan fingerprint density at radius 1 is 1.30 bits per heavy atom. The number of carbonyl (C=O) groups excluding carboxylic acids is 2. The van der Waals surface area contributed by atoms with Gasteiger partial charge in [0, 0.05) is 6.04 Å². The van der Waals surface area contributed by atoms with E-state index in [0.717, 1.165) is 12.2 Å². The third-order valence-corrected chi connectivity index (χ3v) is 4.46. The summed E-state index contributed by atoms with van der Waals surface area (Å²) in [6.45, 7) is 8.18. The summed E-state index contributed by atoms with van der Waals surface area (Å²) >= 11 is 1.78. The van der Waals surface area contributed by atoms with Gasteiger partial charge in [-0.2, -0.15) is 11.8 Å². The molecule has 1 rings (SSSR count). The second-order valence-electron chi connectivity index (χ2n) is 5.99. The topological polar surface area (TPSA) is 49.4 Å². The minimum Gasteiger partial charge on any atom is -0.342 e. The van der Waals surface area contributed by atoms with Crippen molar-refractivity contribution in [2.75, 3.05) is 12.0 Å². The summed E-state index contributed by atoms with van der Waals surface area (Å²) in [5.74, 6) is 1.51. The highest BCUT2D eigenvalue weighted by Gasteiger charge is 2.41. The lowest BCUT2D eigenvalue weighted by atomic mass is 9.96. The maximum absolute atomic E-state index is 12.7. The van der Waals surface area contributed by atoms with Crippen LogP contribution in [0.5, 0.6) is 0 Å². The molecule has 1 saturated heterocycles. The molecule has 116 valence electrons. The first-order chi connectivity index (χ1) is 9.42. The quantitative estimate of drug-likeness (QED) is 0.785. The van der Waals surface area contributed by atoms with E-state index in [-0.39, 0.29) is 29.9 Å². The summed E-state index contributed by atoms with van der Waals surface area (Å²) in [4.78, 5) is 26.8. The van der Waals surface area contributed by atoms with E-state index in [9.17, 15) is 9.59 Å². The van der Waals surface area contributed by atoms with E-state index in [1.165, 1.54) is 0 Å². The minimum atomic E-state index is -0.345. The van der Waals surface area contributed by atoms with Crippen molar-refractivity contribution in [3.63, 3.8) is 0 Å². The lowest BCUT2D eigenvalue weighted by molar-refractivity contribution is -0.152. The van der Waals surface area contributed by atoms with Crippen molar-refractivity contribution >= 4 is 23.6 Å². The summed E-state index contributed by atoms with van der Waals surface area (Å²) in [6.07, 6.45) is 4.39. The highest BCUT2D eigenvalue weighted by Crippen LogP contribution is 2.22. The van der Waals surface area contributed by atoms with Gasteiger partial charge in [-0.3, -0.25) is 9.59 Å². The molecule has 0 aromatic heterocycles. The smallest absolute Gasteiger partial charge is 0.246 e. The average Bonchev–Trinajstić information content (AvgIpc) is 2.38. The molecule has 0 radical (unpaired) electrons. The first-order valence-corrected chi connectivity index (χ1v) is 8.93. The van der Waals surface area contributed by atoms with Gasteiger partial charge in [-0.25, -0.2) is 0 Å². The van der Waals surface area contributed by atoms with Crippen LogP contribution in [0, 0.1) is 5.92 Å². The Morgan fingerprint density at radius 3 is 2.45 bits per heavy atom. The molecule has 4 nitrogen and oxygen atoms in total. The molecule has 0 bridgehead atoms. The van der Waals surface area contributed by atoms with Crippen LogP contribution in [0.3, 0.4) is 0 Å². The van der Waals surface area contributed by atoms with E-state index >= 15 is 0 Å². The summed E-state index contributed by atoms with van der Waals surface area (Å²) < 4.78 is 0. The predicted octanol–water partition coefficient (Wildman–Crippen LogP) is 2.28. The number of nitrogens with one attached hydrogen (secondary N) is 1. The van der Waals surface area contributed by atoms with Gasteiger partial charge in [-0.1, -0.05) is 20.8 Å². The highest BCUT2D eigenvalue weighted by molar-refractivity contribution is 7.98. The molecule has 1 fully saturated rings. The number of hydrogen-bond donors (Lipinski definition) is 1. The van der Waals surface area contributed by atoms with E-state index in [2.05, 4.69) is 32.3 Å². The van der Waals surface area contributed by atoms with Crippen molar-refractivity contribution in [2.24, 2.45) is 5.92 Å². The fraction of sp³-hybridized carbons (Fsp3) is 0.867. The Hall–Kier alpha value is -0.710. The Bertz CT molecular complexity index is 347. The molecule has 20 heavy (non-hydrogen) atoms. The fourth-order valence-electron chi connectivity index (χ4n) is 2.75. The monoisotopic (exact) mass is 300 g/mol. The van der Waals surface area contributed by atoms with Gasteiger partial charge in [-0.15, -0.1) is 0 Å². The zero-order chi connectivity index (χ0) is 15.3. The first-order valence-electron chi connectivity index (χ1n) is 7.53. The lowest BCUT2D eigenvalue weighted by Gasteiger charge is -2.42. The molecule has 0 spiro atoms. The lowest BCUT2D eigenvalue weighted by Crippen LogP contribution is -2.65. The normalized spacial score (nSPS) is 25.0. The van der Waals surface area contributed by atoms with Gasteiger partial charge in [0.1, 0.15) is 12.1 Å². The van der Waals surface area contributed by atoms with Gasteiger partial charge in [-0.05, 0) is 44.1 Å². The van der Waals surface area contributed by atoms with Crippen LogP contribution in [0.15, 0.2) is 0 Å². The Balaban J connectivity index is 2.88. The van der Waals surface area contributed by atoms with Crippen molar-refractivity contribution in [3.8, 4) is 0 Å². The largest absolute Gasteiger partial charge is 0.342 e. The predicted molar refractivity (Wildman–Crippen MR) is 84.8 cm³/mol. The Kier molecular flexibility index (Phi) is 6.86.